The molecule has 0 unspecified atom stereocenters. The molecule has 0 aromatic heterocycles. The number of rotatable bonds is 8. The van der Waals surface area contributed by atoms with Crippen molar-refractivity contribution in [3.63, 3.8) is 0 Å². The standard InChI is InChI=1S/C25H28FN3O3/c26-21-8-7-19-13-18(5-6-20(19)14-21)16-29-10-9-23(17-29)28-25(31)27-22-3-1-4-24(15-22)32-12-2-11-30/h1,3-8,13-15,23,30H,2,9-12,16-17H2,(H2,27,28,31)/t23-/m1/s1. The molecule has 0 aliphatic carbocycles. The van der Waals surface area contributed by atoms with Gasteiger partial charge in [0.1, 0.15) is 11.6 Å². The van der Waals surface area contributed by atoms with Crippen LogP contribution in [0.5, 0.6) is 5.75 Å². The number of nitrogens with zero attached hydrogens (tertiary/aromatic N) is 1. The molecule has 7 heteroatoms. The zero-order valence-electron chi connectivity index (χ0n) is 17.9. The molecule has 0 radical (unpaired) electrons. The van der Waals surface area contributed by atoms with Crippen molar-refractivity contribution in [1.29, 1.82) is 0 Å². The van der Waals surface area contributed by atoms with E-state index in [0.29, 0.717) is 24.5 Å². The van der Waals surface area contributed by atoms with Crippen LogP contribution in [0.15, 0.2) is 60.7 Å². The summed E-state index contributed by atoms with van der Waals surface area (Å²) in [4.78, 5) is 14.7. The minimum atomic E-state index is -0.239. The molecule has 168 valence electrons. The predicted molar refractivity (Wildman–Crippen MR) is 123 cm³/mol. The number of fused-ring (bicyclic) bond motifs is 1. The molecule has 0 bridgehead atoms. The fourth-order valence-electron chi connectivity index (χ4n) is 3.99. The van der Waals surface area contributed by atoms with Crippen LogP contribution in [0, 0.1) is 5.82 Å². The van der Waals surface area contributed by atoms with E-state index in [1.54, 1.807) is 18.2 Å². The van der Waals surface area contributed by atoms with Gasteiger partial charge in [0, 0.05) is 50.5 Å². The van der Waals surface area contributed by atoms with Crippen molar-refractivity contribution in [2.75, 3.05) is 31.6 Å². The number of carbonyl (C=O) groups is 1. The molecule has 1 aliphatic heterocycles. The Hall–Kier alpha value is -3.16. The second kappa shape index (κ2) is 10.4. The monoisotopic (exact) mass is 437 g/mol. The van der Waals surface area contributed by atoms with Gasteiger partial charge in [-0.15, -0.1) is 0 Å². The van der Waals surface area contributed by atoms with Gasteiger partial charge in [0.05, 0.1) is 6.61 Å². The number of nitrogens with one attached hydrogen (secondary N) is 2. The molecule has 1 heterocycles. The van der Waals surface area contributed by atoms with Crippen molar-refractivity contribution >= 4 is 22.5 Å². The Balaban J connectivity index is 1.26. The van der Waals surface area contributed by atoms with Crippen LogP contribution in [-0.2, 0) is 6.54 Å². The first kappa shape index (κ1) is 22.0. The Labute approximate surface area is 187 Å². The molecule has 0 saturated carbocycles. The van der Waals surface area contributed by atoms with Crippen molar-refractivity contribution < 1.29 is 19.0 Å². The van der Waals surface area contributed by atoms with E-state index in [9.17, 15) is 9.18 Å². The summed E-state index contributed by atoms with van der Waals surface area (Å²) < 4.78 is 18.9. The summed E-state index contributed by atoms with van der Waals surface area (Å²) in [5.74, 6) is 0.430. The van der Waals surface area contributed by atoms with E-state index >= 15 is 0 Å². The molecule has 0 spiro atoms. The van der Waals surface area contributed by atoms with Gasteiger partial charge < -0.3 is 20.5 Å². The largest absolute Gasteiger partial charge is 0.493 e. The number of likely N-dealkylation sites (tertiary alicyclic amines) is 1. The predicted octanol–water partition coefficient (Wildman–Crippen LogP) is 4.14. The molecule has 1 saturated heterocycles. The SMILES string of the molecule is O=C(Nc1cccc(OCCCO)c1)N[C@@H]1CCN(Cc2ccc3cc(F)ccc3c2)C1. The summed E-state index contributed by atoms with van der Waals surface area (Å²) in [6, 6.07) is 18.0. The Morgan fingerprint density at radius 2 is 1.97 bits per heavy atom. The van der Waals surface area contributed by atoms with Gasteiger partial charge >= 0.3 is 6.03 Å². The molecule has 3 N–H and O–H groups in total. The fraction of sp³-hybridized carbons (Fsp3) is 0.320. The van der Waals surface area contributed by atoms with E-state index in [-0.39, 0.29) is 24.5 Å². The summed E-state index contributed by atoms with van der Waals surface area (Å²) in [6.45, 7) is 2.98. The number of amides is 2. The lowest BCUT2D eigenvalue weighted by Crippen LogP contribution is -2.39. The molecule has 2 amide bonds. The van der Waals surface area contributed by atoms with Gasteiger partial charge in [0.2, 0.25) is 0 Å². The van der Waals surface area contributed by atoms with E-state index < -0.39 is 0 Å². The molecular weight excluding hydrogens is 409 g/mol. The number of hydrogen-bond acceptors (Lipinski definition) is 4. The van der Waals surface area contributed by atoms with E-state index in [4.69, 9.17) is 9.84 Å². The van der Waals surface area contributed by atoms with Crippen LogP contribution >= 0.6 is 0 Å². The highest BCUT2D eigenvalue weighted by atomic mass is 19.1. The Morgan fingerprint density at radius 3 is 2.84 bits per heavy atom. The summed E-state index contributed by atoms with van der Waals surface area (Å²) in [5, 5.41) is 16.7. The van der Waals surface area contributed by atoms with Gasteiger partial charge in [-0.1, -0.05) is 24.3 Å². The maximum Gasteiger partial charge on any atom is 0.319 e. The Bertz CT molecular complexity index is 1080. The number of urea groups is 1. The summed E-state index contributed by atoms with van der Waals surface area (Å²) in [6.07, 6.45) is 1.45. The highest BCUT2D eigenvalue weighted by molar-refractivity contribution is 5.89. The van der Waals surface area contributed by atoms with Crippen molar-refractivity contribution in [3.05, 3.63) is 72.0 Å². The number of hydrogen-bond donors (Lipinski definition) is 3. The first-order valence-electron chi connectivity index (χ1n) is 10.9. The van der Waals surface area contributed by atoms with Gasteiger partial charge in [0.25, 0.3) is 0 Å². The third-order valence-electron chi connectivity index (χ3n) is 5.54. The van der Waals surface area contributed by atoms with Crippen LogP contribution in [0.2, 0.25) is 0 Å². The Kier molecular flexibility index (Phi) is 7.19. The fourth-order valence-corrected chi connectivity index (χ4v) is 3.99. The topological polar surface area (TPSA) is 73.8 Å². The zero-order valence-corrected chi connectivity index (χ0v) is 17.9. The van der Waals surface area contributed by atoms with Crippen molar-refractivity contribution in [3.8, 4) is 5.75 Å². The number of aliphatic hydroxyl groups excluding tert-OH is 1. The lowest BCUT2D eigenvalue weighted by atomic mass is 10.1. The highest BCUT2D eigenvalue weighted by Gasteiger charge is 2.24. The normalized spacial score (nSPS) is 16.2. The molecule has 1 aliphatic rings. The third kappa shape index (κ3) is 5.96. The molecule has 4 rings (SSSR count). The van der Waals surface area contributed by atoms with Crippen LogP contribution in [0.4, 0.5) is 14.9 Å². The van der Waals surface area contributed by atoms with Crippen LogP contribution in [0.3, 0.4) is 0 Å². The summed E-state index contributed by atoms with van der Waals surface area (Å²) in [5.41, 5.74) is 1.83. The number of anilines is 1. The smallest absolute Gasteiger partial charge is 0.319 e. The maximum atomic E-state index is 13.4. The molecule has 1 fully saturated rings. The number of carbonyl (C=O) groups excluding carboxylic acids is 1. The molecule has 32 heavy (non-hydrogen) atoms. The highest BCUT2D eigenvalue weighted by Crippen LogP contribution is 2.21. The van der Waals surface area contributed by atoms with Crippen LogP contribution in [-0.4, -0.2) is 48.4 Å². The van der Waals surface area contributed by atoms with Gasteiger partial charge in [-0.25, -0.2) is 9.18 Å². The van der Waals surface area contributed by atoms with Crippen molar-refractivity contribution in [2.45, 2.75) is 25.4 Å². The summed E-state index contributed by atoms with van der Waals surface area (Å²) in [7, 11) is 0. The maximum absolute atomic E-state index is 13.4. The molecular formula is C25H28FN3O3. The summed E-state index contributed by atoms with van der Waals surface area (Å²) >= 11 is 0. The molecule has 1 atom stereocenters. The molecule has 6 nitrogen and oxygen atoms in total. The van der Waals surface area contributed by atoms with Crippen LogP contribution < -0.4 is 15.4 Å². The van der Waals surface area contributed by atoms with E-state index in [1.165, 1.54) is 11.6 Å². The van der Waals surface area contributed by atoms with Gasteiger partial charge in [0.15, 0.2) is 0 Å². The molecule has 3 aromatic rings. The minimum Gasteiger partial charge on any atom is -0.493 e. The zero-order chi connectivity index (χ0) is 22.3. The van der Waals surface area contributed by atoms with Crippen molar-refractivity contribution in [2.24, 2.45) is 0 Å². The van der Waals surface area contributed by atoms with Crippen molar-refractivity contribution in [1.82, 2.24) is 10.2 Å². The first-order chi connectivity index (χ1) is 15.6. The van der Waals surface area contributed by atoms with Gasteiger partial charge in [-0.3, -0.25) is 4.90 Å². The van der Waals surface area contributed by atoms with Gasteiger partial charge in [-0.05, 0) is 53.1 Å². The number of ether oxygens (including phenoxy) is 1. The Morgan fingerprint density at radius 1 is 1.12 bits per heavy atom. The van der Waals surface area contributed by atoms with E-state index in [0.717, 1.165) is 36.8 Å². The lowest BCUT2D eigenvalue weighted by molar-refractivity contribution is 0.233. The second-order valence-corrected chi connectivity index (χ2v) is 8.10. The first-order valence-corrected chi connectivity index (χ1v) is 10.9. The lowest BCUT2D eigenvalue weighted by Gasteiger charge is -2.17. The second-order valence-electron chi connectivity index (χ2n) is 8.10. The number of halogens is 1. The van der Waals surface area contributed by atoms with Crippen LogP contribution in [0.1, 0.15) is 18.4 Å². The third-order valence-corrected chi connectivity index (χ3v) is 5.54. The molecule has 3 aromatic carbocycles. The number of benzene rings is 3. The van der Waals surface area contributed by atoms with Crippen LogP contribution in [0.25, 0.3) is 10.8 Å². The minimum absolute atomic E-state index is 0.0774. The quantitative estimate of drug-likeness (QED) is 0.463. The van der Waals surface area contributed by atoms with Gasteiger partial charge in [-0.2, -0.15) is 0 Å². The number of aliphatic hydroxyl groups is 1. The van der Waals surface area contributed by atoms with E-state index in [1.807, 2.05) is 30.3 Å². The average Bonchev–Trinajstić information content (AvgIpc) is 3.20. The average molecular weight is 438 g/mol. The van der Waals surface area contributed by atoms with E-state index in [2.05, 4.69) is 21.6 Å².